The van der Waals surface area contributed by atoms with Gasteiger partial charge in [-0.2, -0.15) is 0 Å². The van der Waals surface area contributed by atoms with Gasteiger partial charge in [0.2, 0.25) is 5.91 Å². The van der Waals surface area contributed by atoms with Crippen LogP contribution in [0.1, 0.15) is 13.3 Å². The fourth-order valence-corrected chi connectivity index (χ4v) is 2.48. The largest absolute Gasteiger partial charge is 0.409 e. The Bertz CT molecular complexity index is 623. The van der Waals surface area contributed by atoms with E-state index in [0.717, 1.165) is 10.2 Å². The number of benzene rings is 1. The summed E-state index contributed by atoms with van der Waals surface area (Å²) in [5.74, 6) is -1.01. The summed E-state index contributed by atoms with van der Waals surface area (Å²) in [5, 5.41) is 14.3. The van der Waals surface area contributed by atoms with Gasteiger partial charge < -0.3 is 16.3 Å². The lowest BCUT2D eigenvalue weighted by molar-refractivity contribution is -0.118. The Labute approximate surface area is 113 Å². The van der Waals surface area contributed by atoms with Crippen molar-refractivity contribution in [2.45, 2.75) is 13.3 Å². The lowest BCUT2D eigenvalue weighted by atomic mass is 10.0. The smallest absolute Gasteiger partial charge is 0.235 e. The van der Waals surface area contributed by atoms with Crippen LogP contribution in [0.4, 0.5) is 5.69 Å². The standard InChI is InChI=1S/C12H14N4O2S/c1-2-8(11(13)16-18)12(17)15-7-3-4-9-10(5-7)19-6-14-9/h3-6,8,18H,2H2,1H3,(H2,13,16)(H,15,17). The Morgan fingerprint density at radius 2 is 2.42 bits per heavy atom. The van der Waals surface area contributed by atoms with Crippen LogP contribution in [0.5, 0.6) is 0 Å². The van der Waals surface area contributed by atoms with E-state index in [1.807, 2.05) is 12.1 Å². The first-order valence-corrected chi connectivity index (χ1v) is 6.65. The highest BCUT2D eigenvalue weighted by Gasteiger charge is 2.21. The molecule has 0 saturated heterocycles. The Morgan fingerprint density at radius 3 is 3.11 bits per heavy atom. The number of fused-ring (bicyclic) bond motifs is 1. The zero-order valence-electron chi connectivity index (χ0n) is 10.3. The highest BCUT2D eigenvalue weighted by molar-refractivity contribution is 7.16. The van der Waals surface area contributed by atoms with Crippen LogP contribution in [0.2, 0.25) is 0 Å². The minimum atomic E-state index is -0.637. The number of amidine groups is 1. The number of carbonyl (C=O) groups is 1. The molecule has 0 bridgehead atoms. The van der Waals surface area contributed by atoms with E-state index in [0.29, 0.717) is 12.1 Å². The van der Waals surface area contributed by atoms with Crippen molar-refractivity contribution in [1.82, 2.24) is 4.98 Å². The molecule has 4 N–H and O–H groups in total. The van der Waals surface area contributed by atoms with Crippen molar-refractivity contribution in [1.29, 1.82) is 0 Å². The van der Waals surface area contributed by atoms with Gasteiger partial charge in [-0.05, 0) is 24.6 Å². The van der Waals surface area contributed by atoms with Crippen LogP contribution in [-0.2, 0) is 4.79 Å². The molecule has 1 unspecified atom stereocenters. The normalized spacial score (nSPS) is 13.4. The highest BCUT2D eigenvalue weighted by atomic mass is 32.1. The molecule has 1 amide bonds. The molecule has 100 valence electrons. The summed E-state index contributed by atoms with van der Waals surface area (Å²) in [6.45, 7) is 1.80. The molecule has 0 spiro atoms. The lowest BCUT2D eigenvalue weighted by Crippen LogP contribution is -2.34. The first-order chi connectivity index (χ1) is 9.15. The van der Waals surface area contributed by atoms with Crippen molar-refractivity contribution < 1.29 is 10.0 Å². The highest BCUT2D eigenvalue weighted by Crippen LogP contribution is 2.22. The molecular weight excluding hydrogens is 264 g/mol. The quantitative estimate of drug-likeness (QED) is 0.344. The van der Waals surface area contributed by atoms with E-state index in [-0.39, 0.29) is 11.7 Å². The van der Waals surface area contributed by atoms with Crippen LogP contribution in [0.15, 0.2) is 28.9 Å². The van der Waals surface area contributed by atoms with E-state index < -0.39 is 5.92 Å². The number of thiazole rings is 1. The Kier molecular flexibility index (Phi) is 3.96. The van der Waals surface area contributed by atoms with Crippen LogP contribution in [-0.4, -0.2) is 21.9 Å². The molecule has 19 heavy (non-hydrogen) atoms. The predicted octanol–water partition coefficient (Wildman–Crippen LogP) is 2.01. The second kappa shape index (κ2) is 5.66. The van der Waals surface area contributed by atoms with E-state index in [1.165, 1.54) is 11.3 Å². The van der Waals surface area contributed by atoms with Gasteiger partial charge in [0.1, 0.15) is 0 Å². The third-order valence-corrected chi connectivity index (χ3v) is 3.59. The van der Waals surface area contributed by atoms with E-state index in [9.17, 15) is 4.79 Å². The molecule has 0 radical (unpaired) electrons. The molecule has 0 saturated carbocycles. The van der Waals surface area contributed by atoms with Gasteiger partial charge in [-0.25, -0.2) is 4.98 Å². The van der Waals surface area contributed by atoms with Gasteiger partial charge in [0, 0.05) is 5.69 Å². The van der Waals surface area contributed by atoms with Gasteiger partial charge in [0.15, 0.2) is 5.84 Å². The minimum Gasteiger partial charge on any atom is -0.409 e. The van der Waals surface area contributed by atoms with Crippen molar-refractivity contribution in [2.75, 3.05) is 5.32 Å². The average Bonchev–Trinajstić information content (AvgIpc) is 2.86. The topological polar surface area (TPSA) is 101 Å². The van der Waals surface area contributed by atoms with E-state index in [4.69, 9.17) is 10.9 Å². The summed E-state index contributed by atoms with van der Waals surface area (Å²) in [5.41, 5.74) is 8.81. The number of hydrogen-bond donors (Lipinski definition) is 3. The Balaban J connectivity index is 2.17. The molecule has 0 fully saturated rings. The molecule has 1 atom stereocenters. The number of nitrogens with zero attached hydrogens (tertiary/aromatic N) is 2. The zero-order chi connectivity index (χ0) is 13.8. The number of amides is 1. The SMILES string of the molecule is CCC(C(=O)Nc1ccc2ncsc2c1)/C(N)=N/O. The molecular formula is C12H14N4O2S. The molecule has 1 aromatic carbocycles. The molecule has 1 aromatic heterocycles. The first-order valence-electron chi connectivity index (χ1n) is 5.77. The van der Waals surface area contributed by atoms with Crippen LogP contribution in [0.3, 0.4) is 0 Å². The number of oxime groups is 1. The molecule has 2 aromatic rings. The van der Waals surface area contributed by atoms with Crippen LogP contribution >= 0.6 is 11.3 Å². The van der Waals surface area contributed by atoms with Gasteiger partial charge >= 0.3 is 0 Å². The monoisotopic (exact) mass is 278 g/mol. The van der Waals surface area contributed by atoms with E-state index in [1.54, 1.807) is 18.5 Å². The molecule has 0 aliphatic rings. The van der Waals surface area contributed by atoms with Gasteiger partial charge in [0.25, 0.3) is 0 Å². The second-order valence-corrected chi connectivity index (χ2v) is 4.90. The van der Waals surface area contributed by atoms with Gasteiger partial charge in [0.05, 0.1) is 21.6 Å². The molecule has 0 aliphatic carbocycles. The number of nitrogens with one attached hydrogen (secondary N) is 1. The fraction of sp³-hybridized carbons (Fsp3) is 0.250. The lowest BCUT2D eigenvalue weighted by Gasteiger charge is -2.13. The summed E-state index contributed by atoms with van der Waals surface area (Å²) in [7, 11) is 0. The maximum atomic E-state index is 12.0. The van der Waals surface area contributed by atoms with Gasteiger partial charge in [-0.1, -0.05) is 12.1 Å². The molecule has 2 rings (SSSR count). The van der Waals surface area contributed by atoms with Crippen molar-refractivity contribution >= 4 is 39.0 Å². The second-order valence-electron chi connectivity index (χ2n) is 4.01. The Hall–Kier alpha value is -2.15. The molecule has 0 aliphatic heterocycles. The number of anilines is 1. The Morgan fingerprint density at radius 1 is 1.63 bits per heavy atom. The van der Waals surface area contributed by atoms with Crippen molar-refractivity contribution in [2.24, 2.45) is 16.8 Å². The number of carbonyl (C=O) groups excluding carboxylic acids is 1. The third-order valence-electron chi connectivity index (χ3n) is 2.80. The summed E-state index contributed by atoms with van der Waals surface area (Å²) in [6, 6.07) is 5.47. The summed E-state index contributed by atoms with van der Waals surface area (Å²) >= 11 is 1.50. The summed E-state index contributed by atoms with van der Waals surface area (Å²) < 4.78 is 0.995. The maximum Gasteiger partial charge on any atom is 0.235 e. The average molecular weight is 278 g/mol. The van der Waals surface area contributed by atoms with E-state index >= 15 is 0 Å². The molecule has 7 heteroatoms. The molecule has 6 nitrogen and oxygen atoms in total. The first kappa shape index (κ1) is 13.3. The van der Waals surface area contributed by atoms with E-state index in [2.05, 4.69) is 15.5 Å². The number of aromatic nitrogens is 1. The van der Waals surface area contributed by atoms with Gasteiger partial charge in [-0.3, -0.25) is 4.79 Å². The number of rotatable bonds is 4. The van der Waals surface area contributed by atoms with Crippen molar-refractivity contribution in [3.05, 3.63) is 23.7 Å². The van der Waals surface area contributed by atoms with Crippen LogP contribution < -0.4 is 11.1 Å². The summed E-state index contributed by atoms with van der Waals surface area (Å²) in [6.07, 6.45) is 0.463. The number of hydrogen-bond acceptors (Lipinski definition) is 5. The predicted molar refractivity (Wildman–Crippen MR) is 75.4 cm³/mol. The number of nitrogens with two attached hydrogens (primary N) is 1. The fourth-order valence-electron chi connectivity index (χ4n) is 1.76. The zero-order valence-corrected chi connectivity index (χ0v) is 11.1. The summed E-state index contributed by atoms with van der Waals surface area (Å²) in [4.78, 5) is 16.2. The van der Waals surface area contributed by atoms with Crippen molar-refractivity contribution in [3.63, 3.8) is 0 Å². The molecule has 1 heterocycles. The van der Waals surface area contributed by atoms with Gasteiger partial charge in [-0.15, -0.1) is 11.3 Å². The van der Waals surface area contributed by atoms with Crippen LogP contribution in [0.25, 0.3) is 10.2 Å². The maximum absolute atomic E-state index is 12.0. The third kappa shape index (κ3) is 2.82. The minimum absolute atomic E-state index is 0.0844. The van der Waals surface area contributed by atoms with Crippen molar-refractivity contribution in [3.8, 4) is 0 Å². The van der Waals surface area contributed by atoms with Crippen LogP contribution in [0, 0.1) is 5.92 Å².